The molecule has 0 saturated carbocycles. The van der Waals surface area contributed by atoms with Crippen molar-refractivity contribution in [2.24, 2.45) is 0 Å². The van der Waals surface area contributed by atoms with E-state index in [1.54, 1.807) is 30.3 Å². The maximum absolute atomic E-state index is 14.7. The van der Waals surface area contributed by atoms with Crippen molar-refractivity contribution >= 4 is 15.8 Å². The van der Waals surface area contributed by atoms with Gasteiger partial charge in [-0.25, -0.2) is 27.0 Å². The van der Waals surface area contributed by atoms with Crippen LogP contribution in [0.2, 0.25) is 0 Å². The van der Waals surface area contributed by atoms with Gasteiger partial charge in [-0.1, -0.05) is 18.2 Å². The number of carbonyl (C=O) groups excluding carboxylic acids is 1. The van der Waals surface area contributed by atoms with Crippen LogP contribution in [0.1, 0.15) is 33.8 Å². The number of piperidine rings is 1. The number of methoxy groups -OCH3 is 1. The molecule has 1 unspecified atom stereocenters. The molecular weight excluding hydrogens is 418 g/mol. The first-order valence-corrected chi connectivity index (χ1v) is 11.3. The molecular formula is C20H22F2N2O5S. The number of hydroxylamine groups is 2. The molecule has 3 rings (SSSR count). The summed E-state index contributed by atoms with van der Waals surface area (Å²) in [5.74, 6) is -5.36. The van der Waals surface area contributed by atoms with Crippen molar-refractivity contribution in [2.45, 2.75) is 24.0 Å². The Labute approximate surface area is 173 Å². The topological polar surface area (TPSA) is 85.8 Å². The molecule has 1 aromatic carbocycles. The van der Waals surface area contributed by atoms with Gasteiger partial charge in [0.2, 0.25) is 5.88 Å². The molecule has 2 heterocycles. The number of rotatable bonds is 6. The third kappa shape index (κ3) is 5.31. The Bertz CT molecular complexity index is 1020. The quantitative estimate of drug-likeness (QED) is 0.683. The lowest BCUT2D eigenvalue weighted by Gasteiger charge is -2.37. The van der Waals surface area contributed by atoms with Gasteiger partial charge >= 0.3 is 5.97 Å². The second-order valence-corrected chi connectivity index (χ2v) is 9.34. The molecule has 0 bridgehead atoms. The Hall–Kier alpha value is -2.59. The first-order valence-electron chi connectivity index (χ1n) is 9.20. The van der Waals surface area contributed by atoms with E-state index in [1.807, 2.05) is 0 Å². The van der Waals surface area contributed by atoms with Crippen LogP contribution in [-0.4, -0.2) is 56.8 Å². The SMILES string of the molecule is COc1ncc(C2CN(OC(=O)c3ccccc3)CCC2(F)F)cc1CS(C)(=O)=O. The number of ether oxygens (including phenoxy) is 1. The lowest BCUT2D eigenvalue weighted by molar-refractivity contribution is -0.175. The summed E-state index contributed by atoms with van der Waals surface area (Å²) in [6, 6.07) is 9.62. The summed E-state index contributed by atoms with van der Waals surface area (Å²) in [4.78, 5) is 21.6. The molecule has 2 aromatic rings. The normalized spacial score (nSPS) is 19.3. The fourth-order valence-electron chi connectivity index (χ4n) is 3.33. The number of hydrogen-bond donors (Lipinski definition) is 0. The van der Waals surface area contributed by atoms with Gasteiger partial charge in [-0.2, -0.15) is 0 Å². The minimum absolute atomic E-state index is 0.0654. The van der Waals surface area contributed by atoms with Crippen molar-refractivity contribution in [1.82, 2.24) is 10.0 Å². The lowest BCUT2D eigenvalue weighted by Crippen LogP contribution is -2.46. The smallest absolute Gasteiger partial charge is 0.357 e. The van der Waals surface area contributed by atoms with E-state index in [-0.39, 0.29) is 35.8 Å². The Morgan fingerprint density at radius 3 is 2.63 bits per heavy atom. The third-order valence-corrected chi connectivity index (χ3v) is 5.61. The molecule has 1 atom stereocenters. The van der Waals surface area contributed by atoms with E-state index < -0.39 is 34.1 Å². The summed E-state index contributed by atoms with van der Waals surface area (Å²) >= 11 is 0. The van der Waals surface area contributed by atoms with Gasteiger partial charge < -0.3 is 9.57 Å². The molecule has 162 valence electrons. The summed E-state index contributed by atoms with van der Waals surface area (Å²) in [7, 11) is -2.10. The van der Waals surface area contributed by atoms with Crippen molar-refractivity contribution in [3.63, 3.8) is 0 Å². The third-order valence-electron chi connectivity index (χ3n) is 4.77. The van der Waals surface area contributed by atoms with Crippen LogP contribution in [-0.2, 0) is 20.4 Å². The zero-order chi connectivity index (χ0) is 21.9. The molecule has 0 radical (unpaired) electrons. The summed E-state index contributed by atoms with van der Waals surface area (Å²) in [6.07, 6.45) is 1.76. The van der Waals surface area contributed by atoms with Crippen molar-refractivity contribution in [1.29, 1.82) is 0 Å². The molecule has 0 amide bonds. The standard InChI is InChI=1S/C20H22F2N2O5S/c1-28-18-16(13-30(2,26)27)10-15(11-23-18)17-12-24(9-8-20(17,21)22)29-19(25)14-6-4-3-5-7-14/h3-7,10-11,17H,8-9,12-13H2,1-2H3. The molecule has 7 nitrogen and oxygen atoms in total. The summed E-state index contributed by atoms with van der Waals surface area (Å²) < 4.78 is 57.8. The van der Waals surface area contributed by atoms with Crippen molar-refractivity contribution < 1.29 is 31.6 Å². The minimum atomic E-state index is -3.43. The number of halogens is 2. The second kappa shape index (κ2) is 8.65. The molecule has 0 spiro atoms. The van der Waals surface area contributed by atoms with Gasteiger partial charge in [-0.05, 0) is 23.8 Å². The maximum atomic E-state index is 14.7. The van der Waals surface area contributed by atoms with Crippen LogP contribution >= 0.6 is 0 Å². The zero-order valence-electron chi connectivity index (χ0n) is 16.5. The number of sulfone groups is 1. The zero-order valence-corrected chi connectivity index (χ0v) is 17.4. The van der Waals surface area contributed by atoms with Gasteiger partial charge in [0.1, 0.15) is 0 Å². The van der Waals surface area contributed by atoms with Crippen molar-refractivity contribution in [2.75, 3.05) is 26.5 Å². The van der Waals surface area contributed by atoms with Gasteiger partial charge in [-0.3, -0.25) is 0 Å². The van der Waals surface area contributed by atoms with Crippen molar-refractivity contribution in [3.05, 3.63) is 59.3 Å². The van der Waals surface area contributed by atoms with Gasteiger partial charge in [0, 0.05) is 37.5 Å². The summed E-state index contributed by atoms with van der Waals surface area (Å²) in [6.45, 7) is -0.375. The first kappa shape index (κ1) is 22.1. The van der Waals surface area contributed by atoms with Gasteiger partial charge in [0.25, 0.3) is 5.92 Å². The molecule has 30 heavy (non-hydrogen) atoms. The van der Waals surface area contributed by atoms with E-state index in [4.69, 9.17) is 9.57 Å². The number of hydrogen-bond acceptors (Lipinski definition) is 7. The predicted molar refractivity (Wildman–Crippen MR) is 105 cm³/mol. The van der Waals surface area contributed by atoms with Gasteiger partial charge in [0.15, 0.2) is 9.84 Å². The average molecular weight is 440 g/mol. The lowest BCUT2D eigenvalue weighted by atomic mass is 9.88. The molecule has 10 heteroatoms. The van der Waals surface area contributed by atoms with E-state index >= 15 is 0 Å². The molecule has 0 N–H and O–H groups in total. The number of pyridine rings is 1. The van der Waals surface area contributed by atoms with Gasteiger partial charge in [-0.15, -0.1) is 5.06 Å². The second-order valence-electron chi connectivity index (χ2n) is 7.20. The fourth-order valence-corrected chi connectivity index (χ4v) is 4.10. The minimum Gasteiger partial charge on any atom is -0.481 e. The van der Waals surface area contributed by atoms with E-state index in [0.29, 0.717) is 5.56 Å². The molecule has 1 saturated heterocycles. The van der Waals surface area contributed by atoms with E-state index in [2.05, 4.69) is 4.98 Å². The number of benzene rings is 1. The highest BCUT2D eigenvalue weighted by atomic mass is 32.2. The van der Waals surface area contributed by atoms with Crippen LogP contribution in [0.4, 0.5) is 8.78 Å². The Kier molecular flexibility index (Phi) is 6.37. The number of nitrogens with zero attached hydrogens (tertiary/aromatic N) is 2. The molecule has 1 aliphatic heterocycles. The highest BCUT2D eigenvalue weighted by Gasteiger charge is 2.46. The average Bonchev–Trinajstić information content (AvgIpc) is 2.68. The molecule has 0 aliphatic carbocycles. The molecule has 1 aromatic heterocycles. The Balaban J connectivity index is 1.84. The van der Waals surface area contributed by atoms with Crippen LogP contribution in [0, 0.1) is 0 Å². The Morgan fingerprint density at radius 1 is 1.30 bits per heavy atom. The monoisotopic (exact) mass is 440 g/mol. The van der Waals surface area contributed by atoms with Crippen LogP contribution in [0.3, 0.4) is 0 Å². The van der Waals surface area contributed by atoms with Crippen LogP contribution in [0.25, 0.3) is 0 Å². The molecule has 1 fully saturated rings. The molecule has 1 aliphatic rings. The van der Waals surface area contributed by atoms with E-state index in [1.165, 1.54) is 24.4 Å². The number of alkyl halides is 2. The maximum Gasteiger partial charge on any atom is 0.357 e. The fraction of sp³-hybridized carbons (Fsp3) is 0.400. The van der Waals surface area contributed by atoms with Crippen molar-refractivity contribution in [3.8, 4) is 5.88 Å². The largest absolute Gasteiger partial charge is 0.481 e. The van der Waals surface area contributed by atoms with Crippen LogP contribution in [0.5, 0.6) is 5.88 Å². The van der Waals surface area contributed by atoms with Gasteiger partial charge in [0.05, 0.1) is 24.3 Å². The van der Waals surface area contributed by atoms with Crippen LogP contribution in [0.15, 0.2) is 42.6 Å². The van der Waals surface area contributed by atoms with E-state index in [9.17, 15) is 22.0 Å². The number of aromatic nitrogens is 1. The highest BCUT2D eigenvalue weighted by Crippen LogP contribution is 2.41. The van der Waals surface area contributed by atoms with Crippen LogP contribution < -0.4 is 4.74 Å². The number of carbonyl (C=O) groups is 1. The highest BCUT2D eigenvalue weighted by molar-refractivity contribution is 7.89. The first-order chi connectivity index (χ1) is 14.1. The Morgan fingerprint density at radius 2 is 2.00 bits per heavy atom. The summed E-state index contributed by atoms with van der Waals surface area (Å²) in [5, 5.41) is 1.21. The summed E-state index contributed by atoms with van der Waals surface area (Å²) in [5.41, 5.74) is 0.666. The van der Waals surface area contributed by atoms with E-state index in [0.717, 1.165) is 6.26 Å². The predicted octanol–water partition coefficient (Wildman–Crippen LogP) is 2.83.